The first-order valence-electron chi connectivity index (χ1n) is 6.30. The van der Waals surface area contributed by atoms with E-state index in [1.807, 2.05) is 0 Å². The van der Waals surface area contributed by atoms with Crippen molar-refractivity contribution < 1.29 is 0 Å². The van der Waals surface area contributed by atoms with Crippen molar-refractivity contribution in [2.24, 2.45) is 5.92 Å². The number of aryl methyl sites for hydroxylation is 2. The predicted molar refractivity (Wildman–Crippen MR) is 71.4 cm³/mol. The SMILES string of the molecule is Cc1cccc2c1nc(CCl)n2CCC1CC1. The minimum absolute atomic E-state index is 0.499. The number of benzene rings is 1. The predicted octanol–water partition coefficient (Wildman–Crippen LogP) is 3.88. The Kier molecular flexibility index (Phi) is 2.83. The summed E-state index contributed by atoms with van der Waals surface area (Å²) in [4.78, 5) is 4.66. The molecule has 0 atom stereocenters. The van der Waals surface area contributed by atoms with Gasteiger partial charge in [0.05, 0.1) is 16.9 Å². The average Bonchev–Trinajstić information content (AvgIpc) is 3.08. The Labute approximate surface area is 107 Å². The van der Waals surface area contributed by atoms with E-state index in [-0.39, 0.29) is 0 Å². The van der Waals surface area contributed by atoms with E-state index < -0.39 is 0 Å². The Morgan fingerprint density at radius 3 is 2.94 bits per heavy atom. The van der Waals surface area contributed by atoms with E-state index in [0.29, 0.717) is 5.88 Å². The molecular formula is C14H17ClN2. The van der Waals surface area contributed by atoms with Crippen LogP contribution in [-0.4, -0.2) is 9.55 Å². The van der Waals surface area contributed by atoms with Gasteiger partial charge in [0.1, 0.15) is 5.82 Å². The van der Waals surface area contributed by atoms with Gasteiger partial charge in [-0.05, 0) is 30.9 Å². The summed E-state index contributed by atoms with van der Waals surface area (Å²) >= 11 is 6.00. The van der Waals surface area contributed by atoms with E-state index >= 15 is 0 Å². The highest BCUT2D eigenvalue weighted by molar-refractivity contribution is 6.16. The molecular weight excluding hydrogens is 232 g/mol. The maximum absolute atomic E-state index is 6.00. The van der Waals surface area contributed by atoms with Crippen LogP contribution in [0.15, 0.2) is 18.2 Å². The molecule has 1 aromatic heterocycles. The van der Waals surface area contributed by atoms with Gasteiger partial charge in [-0.25, -0.2) is 4.98 Å². The second-order valence-electron chi connectivity index (χ2n) is 4.99. The third-order valence-electron chi connectivity index (χ3n) is 3.64. The van der Waals surface area contributed by atoms with Crippen LogP contribution in [-0.2, 0) is 12.4 Å². The largest absolute Gasteiger partial charge is 0.327 e. The van der Waals surface area contributed by atoms with E-state index in [1.165, 1.54) is 30.3 Å². The highest BCUT2D eigenvalue weighted by atomic mass is 35.5. The van der Waals surface area contributed by atoms with Crippen molar-refractivity contribution in [2.45, 2.75) is 38.6 Å². The summed E-state index contributed by atoms with van der Waals surface area (Å²) in [5.41, 5.74) is 3.58. The van der Waals surface area contributed by atoms with E-state index in [9.17, 15) is 0 Å². The molecule has 3 rings (SSSR count). The van der Waals surface area contributed by atoms with Gasteiger partial charge in [0.25, 0.3) is 0 Å². The van der Waals surface area contributed by atoms with Crippen LogP contribution in [0.4, 0.5) is 0 Å². The van der Waals surface area contributed by atoms with Crippen LogP contribution < -0.4 is 0 Å². The molecule has 0 spiro atoms. The van der Waals surface area contributed by atoms with Crippen molar-refractivity contribution in [3.8, 4) is 0 Å². The van der Waals surface area contributed by atoms with E-state index in [2.05, 4.69) is 34.7 Å². The molecule has 1 aliphatic rings. The lowest BCUT2D eigenvalue weighted by Crippen LogP contribution is -2.03. The van der Waals surface area contributed by atoms with Crippen LogP contribution in [0.5, 0.6) is 0 Å². The Bertz CT molecular complexity index is 540. The highest BCUT2D eigenvalue weighted by Crippen LogP contribution is 2.33. The Balaban J connectivity index is 2.02. The Hall–Kier alpha value is -1.02. The van der Waals surface area contributed by atoms with E-state index in [0.717, 1.165) is 23.8 Å². The lowest BCUT2D eigenvalue weighted by Gasteiger charge is -2.06. The standard InChI is InChI=1S/C14H17ClN2/c1-10-3-2-4-12-14(10)16-13(9-15)17(12)8-7-11-5-6-11/h2-4,11H,5-9H2,1H3. The molecule has 17 heavy (non-hydrogen) atoms. The minimum atomic E-state index is 0.499. The van der Waals surface area contributed by atoms with Crippen molar-refractivity contribution in [2.75, 3.05) is 0 Å². The molecule has 1 aromatic carbocycles. The fourth-order valence-electron chi connectivity index (χ4n) is 2.40. The number of hydrogen-bond donors (Lipinski definition) is 0. The average molecular weight is 249 g/mol. The summed E-state index contributed by atoms with van der Waals surface area (Å²) in [7, 11) is 0. The first kappa shape index (κ1) is 11.1. The van der Waals surface area contributed by atoms with Gasteiger partial charge in [-0.1, -0.05) is 25.0 Å². The molecule has 0 unspecified atom stereocenters. The molecule has 0 radical (unpaired) electrons. The molecule has 2 aromatic rings. The first-order chi connectivity index (χ1) is 8.29. The zero-order valence-electron chi connectivity index (χ0n) is 10.1. The topological polar surface area (TPSA) is 17.8 Å². The number of imidazole rings is 1. The Morgan fingerprint density at radius 1 is 1.41 bits per heavy atom. The normalized spacial score (nSPS) is 15.6. The third kappa shape index (κ3) is 2.06. The lowest BCUT2D eigenvalue weighted by molar-refractivity contribution is 0.594. The summed E-state index contributed by atoms with van der Waals surface area (Å²) < 4.78 is 2.30. The summed E-state index contributed by atoms with van der Waals surface area (Å²) in [6.45, 7) is 3.17. The summed E-state index contributed by atoms with van der Waals surface area (Å²) in [5.74, 6) is 2.45. The van der Waals surface area contributed by atoms with Crippen molar-refractivity contribution in [3.05, 3.63) is 29.6 Å². The van der Waals surface area contributed by atoms with Crippen LogP contribution in [0.3, 0.4) is 0 Å². The smallest absolute Gasteiger partial charge is 0.124 e. The second-order valence-corrected chi connectivity index (χ2v) is 5.26. The highest BCUT2D eigenvalue weighted by Gasteiger charge is 2.21. The fourth-order valence-corrected chi connectivity index (χ4v) is 2.61. The van der Waals surface area contributed by atoms with Gasteiger partial charge in [0, 0.05) is 6.54 Å². The van der Waals surface area contributed by atoms with Gasteiger partial charge in [-0.2, -0.15) is 0 Å². The van der Waals surface area contributed by atoms with Gasteiger partial charge in [-0.3, -0.25) is 0 Å². The van der Waals surface area contributed by atoms with Gasteiger partial charge in [-0.15, -0.1) is 11.6 Å². The number of hydrogen-bond acceptors (Lipinski definition) is 1. The number of rotatable bonds is 4. The first-order valence-corrected chi connectivity index (χ1v) is 6.83. The molecule has 2 nitrogen and oxygen atoms in total. The molecule has 1 fully saturated rings. The maximum Gasteiger partial charge on any atom is 0.124 e. The molecule has 0 amide bonds. The molecule has 3 heteroatoms. The summed E-state index contributed by atoms with van der Waals surface area (Å²) in [6, 6.07) is 6.36. The van der Waals surface area contributed by atoms with Crippen LogP contribution in [0.1, 0.15) is 30.7 Å². The van der Waals surface area contributed by atoms with Crippen molar-refractivity contribution in [3.63, 3.8) is 0 Å². The fraction of sp³-hybridized carbons (Fsp3) is 0.500. The lowest BCUT2D eigenvalue weighted by atomic mass is 10.2. The molecule has 1 heterocycles. The molecule has 0 saturated heterocycles. The van der Waals surface area contributed by atoms with Crippen molar-refractivity contribution in [1.29, 1.82) is 0 Å². The molecule has 0 bridgehead atoms. The van der Waals surface area contributed by atoms with Crippen LogP contribution in [0.2, 0.25) is 0 Å². The molecule has 90 valence electrons. The molecule has 1 saturated carbocycles. The number of alkyl halides is 1. The maximum atomic E-state index is 6.00. The Morgan fingerprint density at radius 2 is 2.24 bits per heavy atom. The van der Waals surface area contributed by atoms with Crippen LogP contribution in [0, 0.1) is 12.8 Å². The zero-order valence-corrected chi connectivity index (χ0v) is 10.9. The zero-order chi connectivity index (χ0) is 11.8. The number of fused-ring (bicyclic) bond motifs is 1. The van der Waals surface area contributed by atoms with E-state index in [4.69, 9.17) is 11.6 Å². The van der Waals surface area contributed by atoms with Gasteiger partial charge in [0.2, 0.25) is 0 Å². The van der Waals surface area contributed by atoms with Crippen molar-refractivity contribution in [1.82, 2.24) is 9.55 Å². The van der Waals surface area contributed by atoms with Crippen LogP contribution >= 0.6 is 11.6 Å². The molecule has 1 aliphatic carbocycles. The number of para-hydroxylation sites is 1. The third-order valence-corrected chi connectivity index (χ3v) is 3.88. The quantitative estimate of drug-likeness (QED) is 0.751. The van der Waals surface area contributed by atoms with E-state index in [1.54, 1.807) is 0 Å². The summed E-state index contributed by atoms with van der Waals surface area (Å²) in [6.07, 6.45) is 4.08. The van der Waals surface area contributed by atoms with Gasteiger partial charge < -0.3 is 4.57 Å². The molecule has 0 aliphatic heterocycles. The monoisotopic (exact) mass is 248 g/mol. The van der Waals surface area contributed by atoms with Crippen molar-refractivity contribution >= 4 is 22.6 Å². The van der Waals surface area contributed by atoms with Gasteiger partial charge >= 0.3 is 0 Å². The van der Waals surface area contributed by atoms with Crippen LogP contribution in [0.25, 0.3) is 11.0 Å². The van der Waals surface area contributed by atoms with Gasteiger partial charge in [0.15, 0.2) is 0 Å². The number of aromatic nitrogens is 2. The second kappa shape index (κ2) is 4.34. The number of halogens is 1. The number of nitrogens with zero attached hydrogens (tertiary/aromatic N) is 2. The minimum Gasteiger partial charge on any atom is -0.327 e. The summed E-state index contributed by atoms with van der Waals surface area (Å²) in [5, 5.41) is 0. The molecule has 0 N–H and O–H groups in total.